The van der Waals surface area contributed by atoms with Gasteiger partial charge in [-0.3, -0.25) is 4.79 Å². The van der Waals surface area contributed by atoms with Gasteiger partial charge in [-0.25, -0.2) is 0 Å². The van der Waals surface area contributed by atoms with Crippen LogP contribution in [0.25, 0.3) is 0 Å². The standard InChI is InChI=1S/C12H22N2O3/c1-14-4-2-10(3-5-14)6-13-11(16)12(7-15)8-17-9-12/h10,15H,2-9H2,1H3,(H,13,16). The molecule has 0 atom stereocenters. The lowest BCUT2D eigenvalue weighted by molar-refractivity contribution is -0.170. The predicted octanol–water partition coefficient (Wildman–Crippen LogP) is -0.547. The molecule has 98 valence electrons. The van der Waals surface area contributed by atoms with E-state index in [-0.39, 0.29) is 12.5 Å². The minimum atomic E-state index is -0.661. The first-order chi connectivity index (χ1) is 8.16. The van der Waals surface area contributed by atoms with Crippen molar-refractivity contribution in [3.8, 4) is 0 Å². The summed E-state index contributed by atoms with van der Waals surface area (Å²) in [6, 6.07) is 0. The van der Waals surface area contributed by atoms with Crippen LogP contribution in [0.4, 0.5) is 0 Å². The Morgan fingerprint density at radius 1 is 1.47 bits per heavy atom. The average Bonchev–Trinajstić information content (AvgIpc) is 2.27. The molecule has 1 amide bonds. The van der Waals surface area contributed by atoms with E-state index in [0.29, 0.717) is 19.1 Å². The number of aliphatic hydroxyl groups excluding tert-OH is 1. The molecule has 2 saturated heterocycles. The normalized spacial score (nSPS) is 25.3. The summed E-state index contributed by atoms with van der Waals surface area (Å²) in [6.07, 6.45) is 2.28. The highest BCUT2D eigenvalue weighted by molar-refractivity contribution is 5.83. The minimum absolute atomic E-state index is 0.0508. The van der Waals surface area contributed by atoms with Gasteiger partial charge >= 0.3 is 0 Å². The van der Waals surface area contributed by atoms with Gasteiger partial charge in [-0.15, -0.1) is 0 Å². The third-order valence-corrected chi connectivity index (χ3v) is 3.93. The van der Waals surface area contributed by atoms with Crippen LogP contribution in [0.5, 0.6) is 0 Å². The van der Waals surface area contributed by atoms with Crippen molar-refractivity contribution in [2.45, 2.75) is 12.8 Å². The molecule has 2 heterocycles. The molecule has 5 heteroatoms. The van der Waals surface area contributed by atoms with E-state index < -0.39 is 5.41 Å². The Hall–Kier alpha value is -0.650. The van der Waals surface area contributed by atoms with Crippen LogP contribution < -0.4 is 5.32 Å². The number of hydrogen-bond acceptors (Lipinski definition) is 4. The Morgan fingerprint density at radius 2 is 2.12 bits per heavy atom. The minimum Gasteiger partial charge on any atom is -0.395 e. The number of carbonyl (C=O) groups excluding carboxylic acids is 1. The maximum atomic E-state index is 11.9. The summed E-state index contributed by atoms with van der Waals surface area (Å²) in [5.41, 5.74) is -0.661. The van der Waals surface area contributed by atoms with Gasteiger partial charge in [0.05, 0.1) is 19.8 Å². The first kappa shape index (κ1) is 12.8. The lowest BCUT2D eigenvalue weighted by atomic mass is 9.85. The fraction of sp³-hybridized carbons (Fsp3) is 0.917. The van der Waals surface area contributed by atoms with Crippen molar-refractivity contribution >= 4 is 5.91 Å². The van der Waals surface area contributed by atoms with Gasteiger partial charge in [0.15, 0.2) is 0 Å². The van der Waals surface area contributed by atoms with Gasteiger partial charge in [0.2, 0.25) is 5.91 Å². The van der Waals surface area contributed by atoms with E-state index in [1.54, 1.807) is 0 Å². The van der Waals surface area contributed by atoms with Crippen molar-refractivity contribution in [1.82, 2.24) is 10.2 Å². The Morgan fingerprint density at radius 3 is 2.59 bits per heavy atom. The number of piperidine rings is 1. The van der Waals surface area contributed by atoms with Gasteiger partial charge in [-0.05, 0) is 38.9 Å². The summed E-state index contributed by atoms with van der Waals surface area (Å²) < 4.78 is 5.03. The second-order valence-electron chi connectivity index (χ2n) is 5.39. The van der Waals surface area contributed by atoms with Gasteiger partial charge in [0, 0.05) is 6.54 Å². The number of amides is 1. The van der Waals surface area contributed by atoms with E-state index in [4.69, 9.17) is 4.74 Å². The van der Waals surface area contributed by atoms with Crippen LogP contribution in [0.1, 0.15) is 12.8 Å². The maximum absolute atomic E-state index is 11.9. The molecule has 5 nitrogen and oxygen atoms in total. The van der Waals surface area contributed by atoms with E-state index in [1.807, 2.05) is 0 Å². The van der Waals surface area contributed by atoms with Crippen LogP contribution >= 0.6 is 0 Å². The van der Waals surface area contributed by atoms with Crippen molar-refractivity contribution in [3.05, 3.63) is 0 Å². The molecule has 2 fully saturated rings. The highest BCUT2D eigenvalue weighted by Gasteiger charge is 2.45. The fourth-order valence-corrected chi connectivity index (χ4v) is 2.33. The van der Waals surface area contributed by atoms with Gasteiger partial charge < -0.3 is 20.1 Å². The van der Waals surface area contributed by atoms with Crippen LogP contribution in [0, 0.1) is 11.3 Å². The monoisotopic (exact) mass is 242 g/mol. The molecule has 17 heavy (non-hydrogen) atoms. The third kappa shape index (κ3) is 2.78. The Balaban J connectivity index is 1.73. The second-order valence-corrected chi connectivity index (χ2v) is 5.39. The molecule has 0 aromatic carbocycles. The van der Waals surface area contributed by atoms with Gasteiger partial charge in [0.25, 0.3) is 0 Å². The molecule has 0 bridgehead atoms. The summed E-state index contributed by atoms with van der Waals surface area (Å²) in [6.45, 7) is 3.52. The van der Waals surface area contributed by atoms with Crippen molar-refractivity contribution in [1.29, 1.82) is 0 Å². The van der Waals surface area contributed by atoms with E-state index in [0.717, 1.165) is 32.5 Å². The molecule has 0 unspecified atom stereocenters. The molecular weight excluding hydrogens is 220 g/mol. The molecule has 0 spiro atoms. The summed E-state index contributed by atoms with van der Waals surface area (Å²) in [5, 5.41) is 12.2. The average molecular weight is 242 g/mol. The predicted molar refractivity (Wildman–Crippen MR) is 63.6 cm³/mol. The second kappa shape index (κ2) is 5.33. The number of carbonyl (C=O) groups is 1. The third-order valence-electron chi connectivity index (χ3n) is 3.93. The molecule has 0 radical (unpaired) electrons. The number of hydrogen-bond donors (Lipinski definition) is 2. The van der Waals surface area contributed by atoms with Crippen molar-refractivity contribution in [2.75, 3.05) is 46.5 Å². The zero-order valence-corrected chi connectivity index (χ0v) is 10.4. The molecule has 0 aromatic heterocycles. The Kier molecular flexibility index (Phi) is 4.01. The molecule has 2 aliphatic heterocycles. The molecule has 2 aliphatic rings. The smallest absolute Gasteiger partial charge is 0.233 e. The number of ether oxygens (including phenoxy) is 1. The number of nitrogens with zero attached hydrogens (tertiary/aromatic N) is 1. The zero-order valence-electron chi connectivity index (χ0n) is 10.4. The zero-order chi connectivity index (χ0) is 12.3. The lowest BCUT2D eigenvalue weighted by Gasteiger charge is -2.38. The first-order valence-corrected chi connectivity index (χ1v) is 6.32. The van der Waals surface area contributed by atoms with E-state index in [9.17, 15) is 9.90 Å². The Bertz CT molecular complexity index is 265. The van der Waals surface area contributed by atoms with Gasteiger partial charge in [-0.2, -0.15) is 0 Å². The summed E-state index contributed by atoms with van der Waals surface area (Å²) >= 11 is 0. The van der Waals surface area contributed by atoms with Crippen LogP contribution in [0.3, 0.4) is 0 Å². The number of nitrogens with one attached hydrogen (secondary N) is 1. The van der Waals surface area contributed by atoms with Gasteiger partial charge in [0.1, 0.15) is 5.41 Å². The van der Waals surface area contributed by atoms with Crippen LogP contribution in [-0.2, 0) is 9.53 Å². The Labute approximate surface area is 102 Å². The molecule has 2 rings (SSSR count). The molecule has 0 aromatic rings. The largest absolute Gasteiger partial charge is 0.395 e. The molecule has 0 saturated carbocycles. The fourth-order valence-electron chi connectivity index (χ4n) is 2.33. The van der Waals surface area contributed by atoms with Crippen molar-refractivity contribution in [2.24, 2.45) is 11.3 Å². The van der Waals surface area contributed by atoms with Crippen molar-refractivity contribution < 1.29 is 14.6 Å². The van der Waals surface area contributed by atoms with E-state index >= 15 is 0 Å². The number of rotatable bonds is 4. The SMILES string of the molecule is CN1CCC(CNC(=O)C2(CO)COC2)CC1. The quantitative estimate of drug-likeness (QED) is 0.694. The van der Waals surface area contributed by atoms with Crippen LogP contribution in [0.2, 0.25) is 0 Å². The van der Waals surface area contributed by atoms with Gasteiger partial charge in [-0.1, -0.05) is 0 Å². The first-order valence-electron chi connectivity index (χ1n) is 6.32. The number of likely N-dealkylation sites (tertiary alicyclic amines) is 1. The molecular formula is C12H22N2O3. The maximum Gasteiger partial charge on any atom is 0.233 e. The highest BCUT2D eigenvalue weighted by atomic mass is 16.5. The molecule has 0 aliphatic carbocycles. The highest BCUT2D eigenvalue weighted by Crippen LogP contribution is 2.27. The van der Waals surface area contributed by atoms with Crippen LogP contribution in [0.15, 0.2) is 0 Å². The number of aliphatic hydroxyl groups is 1. The topological polar surface area (TPSA) is 61.8 Å². The van der Waals surface area contributed by atoms with E-state index in [1.165, 1.54) is 0 Å². The lowest BCUT2D eigenvalue weighted by Crippen LogP contribution is -2.57. The van der Waals surface area contributed by atoms with Crippen LogP contribution in [-0.4, -0.2) is 62.4 Å². The molecule has 2 N–H and O–H groups in total. The summed E-state index contributed by atoms with van der Waals surface area (Å²) in [5.74, 6) is 0.525. The van der Waals surface area contributed by atoms with Crippen molar-refractivity contribution in [3.63, 3.8) is 0 Å². The summed E-state index contributed by atoms with van der Waals surface area (Å²) in [4.78, 5) is 14.2. The summed E-state index contributed by atoms with van der Waals surface area (Å²) in [7, 11) is 2.13. The van der Waals surface area contributed by atoms with E-state index in [2.05, 4.69) is 17.3 Å².